The van der Waals surface area contributed by atoms with Crippen molar-refractivity contribution in [1.29, 1.82) is 0 Å². The van der Waals surface area contributed by atoms with Crippen molar-refractivity contribution in [3.05, 3.63) is 144 Å². The summed E-state index contributed by atoms with van der Waals surface area (Å²) in [5, 5.41) is 11.3. The minimum absolute atomic E-state index is 0. The monoisotopic (exact) mass is 821 g/mol. The van der Waals surface area contributed by atoms with Gasteiger partial charge in [0, 0.05) is 38.6 Å². The zero-order valence-electron chi connectivity index (χ0n) is 28.7. The summed E-state index contributed by atoms with van der Waals surface area (Å²) in [6, 6.07) is 41.8. The van der Waals surface area contributed by atoms with Crippen molar-refractivity contribution in [2.24, 2.45) is 0 Å². The standard InChI is InChI=1S/C44H40N3O.Pt/c1-27(2)31-15-17-32(18-16-31)33-19-20-45-40(26-33)36-24-34(28(3)4)23-35(25-36)38-13-10-14-41-42(38)46-44(47(41)37-11-8-7-9-12-37)39-22-29(5)21-30(6)43(39)48;/h7-24,26-28,48H,1-6H3;/q-1;. The van der Waals surface area contributed by atoms with Gasteiger partial charge in [-0.25, -0.2) is 4.98 Å². The predicted octanol–water partition coefficient (Wildman–Crippen LogP) is 11.5. The van der Waals surface area contributed by atoms with Gasteiger partial charge in [0.05, 0.1) is 16.6 Å². The summed E-state index contributed by atoms with van der Waals surface area (Å²) in [5.74, 6) is 1.74. The second-order valence-electron chi connectivity index (χ2n) is 13.4. The SMILES string of the molecule is Cc1cc(C)c(O)c(-c2nc3c(-c4[c-]c(-c5cc(-c6ccc(C(C)C)cc6)ccn5)cc(C(C)C)c4)cccc3n2-c2ccccc2)c1.[Pt]. The third kappa shape index (κ3) is 6.63. The van der Waals surface area contributed by atoms with Crippen LogP contribution in [0.15, 0.2) is 115 Å². The molecule has 1 N–H and O–H groups in total. The Hall–Kier alpha value is -4.79. The van der Waals surface area contributed by atoms with E-state index in [-0.39, 0.29) is 26.8 Å². The maximum absolute atomic E-state index is 11.3. The van der Waals surface area contributed by atoms with E-state index < -0.39 is 0 Å². The largest absolute Gasteiger partial charge is 0.507 e. The summed E-state index contributed by atoms with van der Waals surface area (Å²) in [6.45, 7) is 12.9. The average molecular weight is 822 g/mol. The molecule has 0 spiro atoms. The van der Waals surface area contributed by atoms with Crippen molar-refractivity contribution in [2.75, 3.05) is 0 Å². The first kappa shape index (κ1) is 34.1. The Labute approximate surface area is 303 Å². The molecule has 7 aromatic rings. The number of imidazole rings is 1. The number of pyridine rings is 1. The van der Waals surface area contributed by atoms with Gasteiger partial charge in [0.2, 0.25) is 0 Å². The molecular formula is C44H40N3OPt-. The van der Waals surface area contributed by atoms with Crippen LogP contribution >= 0.6 is 0 Å². The predicted molar refractivity (Wildman–Crippen MR) is 199 cm³/mol. The van der Waals surface area contributed by atoms with Crippen molar-refractivity contribution in [3.8, 4) is 56.3 Å². The van der Waals surface area contributed by atoms with Crippen LogP contribution in [0.5, 0.6) is 5.75 Å². The molecule has 0 aliphatic carbocycles. The molecule has 0 atom stereocenters. The van der Waals surface area contributed by atoms with E-state index in [0.717, 1.165) is 55.8 Å². The summed E-state index contributed by atoms with van der Waals surface area (Å²) in [7, 11) is 0. The van der Waals surface area contributed by atoms with Crippen LogP contribution < -0.4 is 0 Å². The van der Waals surface area contributed by atoms with Crippen molar-refractivity contribution in [1.82, 2.24) is 14.5 Å². The minimum Gasteiger partial charge on any atom is -0.507 e. The molecule has 0 saturated heterocycles. The molecule has 0 aliphatic heterocycles. The molecule has 248 valence electrons. The van der Waals surface area contributed by atoms with Gasteiger partial charge < -0.3 is 5.11 Å². The molecule has 2 heterocycles. The Kier molecular flexibility index (Phi) is 9.72. The first-order chi connectivity index (χ1) is 23.2. The summed E-state index contributed by atoms with van der Waals surface area (Å²) >= 11 is 0. The van der Waals surface area contributed by atoms with Crippen LogP contribution in [0.25, 0.3) is 61.6 Å². The average Bonchev–Trinajstić information content (AvgIpc) is 3.50. The van der Waals surface area contributed by atoms with Crippen LogP contribution in [0.4, 0.5) is 0 Å². The molecule has 0 bridgehead atoms. The molecule has 0 aliphatic rings. The maximum Gasteiger partial charge on any atom is 0.148 e. The van der Waals surface area contributed by atoms with Gasteiger partial charge in [-0.1, -0.05) is 106 Å². The molecule has 5 heteroatoms. The number of nitrogens with zero attached hydrogens (tertiary/aromatic N) is 3. The van der Waals surface area contributed by atoms with Gasteiger partial charge in [0.1, 0.15) is 11.6 Å². The maximum atomic E-state index is 11.3. The van der Waals surface area contributed by atoms with Crippen LogP contribution in [-0.4, -0.2) is 19.6 Å². The van der Waals surface area contributed by atoms with Gasteiger partial charge in [-0.3, -0.25) is 9.55 Å². The van der Waals surface area contributed by atoms with E-state index in [1.165, 1.54) is 16.7 Å². The topological polar surface area (TPSA) is 50.9 Å². The van der Waals surface area contributed by atoms with Crippen LogP contribution in [0, 0.1) is 19.9 Å². The number of aromatic nitrogens is 3. The van der Waals surface area contributed by atoms with E-state index in [4.69, 9.17) is 9.97 Å². The van der Waals surface area contributed by atoms with Gasteiger partial charge in [-0.2, -0.15) is 0 Å². The Balaban J connectivity index is 0.00000417. The van der Waals surface area contributed by atoms with Gasteiger partial charge in [0.15, 0.2) is 0 Å². The second-order valence-corrected chi connectivity index (χ2v) is 13.4. The molecule has 0 radical (unpaired) electrons. The normalized spacial score (nSPS) is 11.3. The molecule has 2 aromatic heterocycles. The number of benzene rings is 5. The zero-order valence-corrected chi connectivity index (χ0v) is 31.0. The number of hydrogen-bond donors (Lipinski definition) is 1. The van der Waals surface area contributed by atoms with Crippen molar-refractivity contribution >= 4 is 11.0 Å². The van der Waals surface area contributed by atoms with E-state index in [9.17, 15) is 5.11 Å². The number of rotatable bonds is 7. The first-order valence-corrected chi connectivity index (χ1v) is 16.7. The summed E-state index contributed by atoms with van der Waals surface area (Å²) in [5.41, 5.74) is 14.0. The van der Waals surface area contributed by atoms with Gasteiger partial charge in [0.25, 0.3) is 0 Å². The van der Waals surface area contributed by atoms with Gasteiger partial charge >= 0.3 is 0 Å². The molecule has 0 saturated carbocycles. The number of phenolic OH excluding ortho intramolecular Hbond substituents is 1. The number of phenols is 1. The second kappa shape index (κ2) is 14.0. The zero-order chi connectivity index (χ0) is 33.5. The molecule has 5 aromatic carbocycles. The van der Waals surface area contributed by atoms with Crippen molar-refractivity contribution in [2.45, 2.75) is 53.4 Å². The summed E-state index contributed by atoms with van der Waals surface area (Å²) < 4.78 is 2.15. The molecule has 49 heavy (non-hydrogen) atoms. The van der Waals surface area contributed by atoms with Crippen molar-refractivity contribution < 1.29 is 26.2 Å². The van der Waals surface area contributed by atoms with Gasteiger partial charge in [-0.15, -0.1) is 29.3 Å². The Morgan fingerprint density at radius 3 is 2.10 bits per heavy atom. The molecular weight excluding hydrogens is 782 g/mol. The van der Waals surface area contributed by atoms with E-state index in [1.807, 2.05) is 43.5 Å². The Bertz CT molecular complexity index is 2270. The van der Waals surface area contributed by atoms with Crippen LogP contribution in [0.2, 0.25) is 0 Å². The Morgan fingerprint density at radius 2 is 1.39 bits per heavy atom. The quantitative estimate of drug-likeness (QED) is 0.163. The molecule has 0 unspecified atom stereocenters. The number of hydrogen-bond acceptors (Lipinski definition) is 3. The van der Waals surface area contributed by atoms with E-state index >= 15 is 0 Å². The fourth-order valence-electron chi connectivity index (χ4n) is 6.49. The van der Waals surface area contributed by atoms with Gasteiger partial charge in [-0.05, 0) is 83.8 Å². The molecule has 4 nitrogen and oxygen atoms in total. The number of fused-ring (bicyclic) bond motifs is 1. The minimum atomic E-state index is 0. The third-order valence-electron chi connectivity index (χ3n) is 9.18. The first-order valence-electron chi connectivity index (χ1n) is 16.7. The summed E-state index contributed by atoms with van der Waals surface area (Å²) in [6.07, 6.45) is 1.89. The Morgan fingerprint density at radius 1 is 0.673 bits per heavy atom. The van der Waals surface area contributed by atoms with E-state index in [0.29, 0.717) is 23.2 Å². The molecule has 7 rings (SSSR count). The van der Waals surface area contributed by atoms with Crippen LogP contribution in [0.1, 0.15) is 61.8 Å². The van der Waals surface area contributed by atoms with Crippen molar-refractivity contribution in [3.63, 3.8) is 0 Å². The van der Waals surface area contributed by atoms with E-state index in [1.54, 1.807) is 0 Å². The molecule has 0 fully saturated rings. The molecule has 0 amide bonds. The van der Waals surface area contributed by atoms with E-state index in [2.05, 4.69) is 124 Å². The van der Waals surface area contributed by atoms with Crippen LogP contribution in [-0.2, 0) is 21.1 Å². The fraction of sp³-hybridized carbons (Fsp3) is 0.182. The summed E-state index contributed by atoms with van der Waals surface area (Å²) in [4.78, 5) is 10.1. The fourth-order valence-corrected chi connectivity index (χ4v) is 6.49. The number of para-hydroxylation sites is 2. The smallest absolute Gasteiger partial charge is 0.148 e. The number of aromatic hydroxyl groups is 1. The van der Waals surface area contributed by atoms with Crippen LogP contribution in [0.3, 0.4) is 0 Å². The number of aryl methyl sites for hydroxylation is 2. The third-order valence-corrected chi connectivity index (χ3v) is 9.18.